The number of carbonyl (C=O) groups is 1. The van der Waals surface area contributed by atoms with Gasteiger partial charge in [-0.3, -0.25) is 9.48 Å². The standard InChI is InChI=1S/C9H15N3O/c1-9(2,3)7-4-5-12(11-7)6-8(10)13/h4-5H,6H2,1-3H3,(H2,10,13). The summed E-state index contributed by atoms with van der Waals surface area (Å²) in [5.74, 6) is -0.372. The number of primary amides is 1. The van der Waals surface area contributed by atoms with Gasteiger partial charge in [0.15, 0.2) is 0 Å². The zero-order chi connectivity index (χ0) is 10.1. The van der Waals surface area contributed by atoms with E-state index in [0.29, 0.717) is 0 Å². The predicted molar refractivity (Wildman–Crippen MR) is 50.1 cm³/mol. The topological polar surface area (TPSA) is 60.9 Å². The molecule has 0 saturated heterocycles. The Balaban J connectivity index is 2.81. The van der Waals surface area contributed by atoms with Crippen LogP contribution in [0.2, 0.25) is 0 Å². The molecule has 0 aliphatic heterocycles. The molecule has 1 heterocycles. The molecule has 1 aromatic rings. The van der Waals surface area contributed by atoms with Gasteiger partial charge in [0.25, 0.3) is 0 Å². The summed E-state index contributed by atoms with van der Waals surface area (Å²) in [5, 5.41) is 4.24. The van der Waals surface area contributed by atoms with E-state index in [1.807, 2.05) is 6.07 Å². The minimum absolute atomic E-state index is 0.0168. The molecule has 0 aliphatic rings. The lowest BCUT2D eigenvalue weighted by Crippen LogP contribution is -2.20. The van der Waals surface area contributed by atoms with Crippen LogP contribution in [-0.2, 0) is 16.8 Å². The fourth-order valence-electron chi connectivity index (χ4n) is 1.01. The Labute approximate surface area is 77.7 Å². The van der Waals surface area contributed by atoms with E-state index in [2.05, 4.69) is 25.9 Å². The van der Waals surface area contributed by atoms with E-state index >= 15 is 0 Å². The maximum atomic E-state index is 10.6. The molecule has 13 heavy (non-hydrogen) atoms. The molecule has 1 amide bonds. The number of nitrogens with two attached hydrogens (primary N) is 1. The second kappa shape index (κ2) is 3.20. The second-order valence-corrected chi connectivity index (χ2v) is 4.11. The lowest BCUT2D eigenvalue weighted by atomic mass is 9.93. The number of aromatic nitrogens is 2. The van der Waals surface area contributed by atoms with Gasteiger partial charge in [0.2, 0.25) is 5.91 Å². The summed E-state index contributed by atoms with van der Waals surface area (Å²) in [5.41, 5.74) is 6.03. The van der Waals surface area contributed by atoms with Crippen molar-refractivity contribution < 1.29 is 4.79 Å². The molecule has 4 heteroatoms. The number of nitrogens with zero attached hydrogens (tertiary/aromatic N) is 2. The normalized spacial score (nSPS) is 11.6. The van der Waals surface area contributed by atoms with E-state index in [1.165, 1.54) is 0 Å². The molecule has 72 valence electrons. The van der Waals surface area contributed by atoms with Crippen LogP contribution in [0.3, 0.4) is 0 Å². The van der Waals surface area contributed by atoms with Crippen molar-refractivity contribution in [2.75, 3.05) is 0 Å². The third kappa shape index (κ3) is 2.57. The van der Waals surface area contributed by atoms with Gasteiger partial charge in [-0.2, -0.15) is 5.10 Å². The first kappa shape index (κ1) is 9.77. The predicted octanol–water partition coefficient (Wildman–Crippen LogP) is 0.666. The molecule has 1 rings (SSSR count). The average molecular weight is 181 g/mol. The molecule has 0 radical (unpaired) electrons. The highest BCUT2D eigenvalue weighted by Gasteiger charge is 2.16. The van der Waals surface area contributed by atoms with Crippen LogP contribution in [0, 0.1) is 0 Å². The first-order chi connectivity index (χ1) is 5.89. The third-order valence-electron chi connectivity index (χ3n) is 1.73. The van der Waals surface area contributed by atoms with Gasteiger partial charge >= 0.3 is 0 Å². The lowest BCUT2D eigenvalue weighted by molar-refractivity contribution is -0.118. The summed E-state index contributed by atoms with van der Waals surface area (Å²) >= 11 is 0. The fraction of sp³-hybridized carbons (Fsp3) is 0.556. The van der Waals surface area contributed by atoms with Crippen LogP contribution >= 0.6 is 0 Å². The van der Waals surface area contributed by atoms with Crippen molar-refractivity contribution in [1.29, 1.82) is 0 Å². The zero-order valence-corrected chi connectivity index (χ0v) is 8.24. The van der Waals surface area contributed by atoms with Crippen LogP contribution in [0.15, 0.2) is 12.3 Å². The van der Waals surface area contributed by atoms with Crippen molar-refractivity contribution in [2.24, 2.45) is 5.73 Å². The van der Waals surface area contributed by atoms with E-state index in [-0.39, 0.29) is 17.9 Å². The summed E-state index contributed by atoms with van der Waals surface area (Å²) in [7, 11) is 0. The number of carbonyl (C=O) groups excluding carboxylic acids is 1. The highest BCUT2D eigenvalue weighted by molar-refractivity contribution is 5.73. The average Bonchev–Trinajstić information content (AvgIpc) is 2.32. The van der Waals surface area contributed by atoms with Gasteiger partial charge in [-0.05, 0) is 6.07 Å². The van der Waals surface area contributed by atoms with E-state index < -0.39 is 0 Å². The lowest BCUT2D eigenvalue weighted by Gasteiger charge is -2.14. The molecule has 0 saturated carbocycles. The molecule has 0 atom stereocenters. The van der Waals surface area contributed by atoms with Crippen molar-refractivity contribution in [3.05, 3.63) is 18.0 Å². The van der Waals surface area contributed by atoms with Gasteiger partial charge in [0.05, 0.1) is 5.69 Å². The van der Waals surface area contributed by atoms with Crippen molar-refractivity contribution in [1.82, 2.24) is 9.78 Å². The SMILES string of the molecule is CC(C)(C)c1ccn(CC(N)=O)n1. The van der Waals surface area contributed by atoms with Crippen molar-refractivity contribution in [2.45, 2.75) is 32.7 Å². The van der Waals surface area contributed by atoms with Gasteiger partial charge < -0.3 is 5.73 Å². The second-order valence-electron chi connectivity index (χ2n) is 4.11. The van der Waals surface area contributed by atoms with Gasteiger partial charge in [0.1, 0.15) is 6.54 Å². The van der Waals surface area contributed by atoms with Gasteiger partial charge in [-0.1, -0.05) is 20.8 Å². The first-order valence-electron chi connectivity index (χ1n) is 4.22. The molecular weight excluding hydrogens is 166 g/mol. The largest absolute Gasteiger partial charge is 0.368 e. The van der Waals surface area contributed by atoms with Crippen molar-refractivity contribution in [3.8, 4) is 0 Å². The van der Waals surface area contributed by atoms with E-state index in [9.17, 15) is 4.79 Å². The van der Waals surface area contributed by atoms with Crippen LogP contribution in [0.25, 0.3) is 0 Å². The first-order valence-corrected chi connectivity index (χ1v) is 4.22. The molecule has 2 N–H and O–H groups in total. The molecule has 0 fully saturated rings. The molecular formula is C9H15N3O. The summed E-state index contributed by atoms with van der Waals surface area (Å²) in [6.07, 6.45) is 1.77. The molecule has 1 aromatic heterocycles. The summed E-state index contributed by atoms with van der Waals surface area (Å²) in [4.78, 5) is 10.6. The highest BCUT2D eigenvalue weighted by atomic mass is 16.1. The molecule has 4 nitrogen and oxygen atoms in total. The molecule has 0 unspecified atom stereocenters. The molecule has 0 aromatic carbocycles. The van der Waals surface area contributed by atoms with E-state index in [1.54, 1.807) is 10.9 Å². The summed E-state index contributed by atoms with van der Waals surface area (Å²) in [6, 6.07) is 1.91. The Kier molecular flexibility index (Phi) is 2.40. The van der Waals surface area contributed by atoms with Crippen LogP contribution in [0.5, 0.6) is 0 Å². The Bertz CT molecular complexity index is 309. The van der Waals surface area contributed by atoms with E-state index in [4.69, 9.17) is 5.73 Å². The van der Waals surface area contributed by atoms with Crippen molar-refractivity contribution in [3.63, 3.8) is 0 Å². The summed E-state index contributed by atoms with van der Waals surface area (Å²) < 4.78 is 1.56. The minimum Gasteiger partial charge on any atom is -0.368 e. The quantitative estimate of drug-likeness (QED) is 0.728. The maximum Gasteiger partial charge on any atom is 0.239 e. The van der Waals surface area contributed by atoms with Gasteiger partial charge in [-0.15, -0.1) is 0 Å². The molecule has 0 bridgehead atoms. The Morgan fingerprint density at radius 3 is 2.62 bits per heavy atom. The van der Waals surface area contributed by atoms with Crippen LogP contribution in [-0.4, -0.2) is 15.7 Å². The number of hydrogen-bond acceptors (Lipinski definition) is 2. The third-order valence-corrected chi connectivity index (χ3v) is 1.73. The van der Waals surface area contributed by atoms with Crippen LogP contribution in [0.4, 0.5) is 0 Å². The Morgan fingerprint density at radius 1 is 1.62 bits per heavy atom. The smallest absolute Gasteiger partial charge is 0.239 e. The summed E-state index contributed by atoms with van der Waals surface area (Å²) in [6.45, 7) is 6.37. The molecule has 0 spiro atoms. The van der Waals surface area contributed by atoms with Crippen LogP contribution < -0.4 is 5.73 Å². The monoisotopic (exact) mass is 181 g/mol. The Hall–Kier alpha value is -1.32. The maximum absolute atomic E-state index is 10.6. The highest BCUT2D eigenvalue weighted by Crippen LogP contribution is 2.19. The Morgan fingerprint density at radius 2 is 2.23 bits per heavy atom. The van der Waals surface area contributed by atoms with E-state index in [0.717, 1.165) is 5.69 Å². The zero-order valence-electron chi connectivity index (χ0n) is 8.24. The molecule has 0 aliphatic carbocycles. The van der Waals surface area contributed by atoms with Gasteiger partial charge in [0, 0.05) is 11.6 Å². The number of amides is 1. The fourth-order valence-corrected chi connectivity index (χ4v) is 1.01. The van der Waals surface area contributed by atoms with Gasteiger partial charge in [-0.25, -0.2) is 0 Å². The number of rotatable bonds is 2. The number of hydrogen-bond donors (Lipinski definition) is 1. The minimum atomic E-state index is -0.372. The van der Waals surface area contributed by atoms with Crippen molar-refractivity contribution >= 4 is 5.91 Å². The van der Waals surface area contributed by atoms with Crippen LogP contribution in [0.1, 0.15) is 26.5 Å².